The fraction of sp³-hybridized carbons (Fsp3) is 0.278. The molecule has 1 N–H and O–H groups in total. The zero-order valence-corrected chi connectivity index (χ0v) is 12.7. The van der Waals surface area contributed by atoms with E-state index >= 15 is 0 Å². The van der Waals surface area contributed by atoms with E-state index in [1.165, 1.54) is 5.69 Å². The Balaban J connectivity index is 1.59. The van der Waals surface area contributed by atoms with E-state index in [0.29, 0.717) is 0 Å². The molecule has 1 fully saturated rings. The van der Waals surface area contributed by atoms with E-state index in [-0.39, 0.29) is 6.17 Å². The van der Waals surface area contributed by atoms with E-state index in [4.69, 9.17) is 0 Å². The number of hydrogen-bond acceptors (Lipinski definition) is 4. The zero-order chi connectivity index (χ0) is 15.2. The van der Waals surface area contributed by atoms with Crippen molar-refractivity contribution in [1.82, 2.24) is 9.88 Å². The lowest BCUT2D eigenvalue weighted by Crippen LogP contribution is -2.52. The Bertz CT molecular complexity index is 577. The van der Waals surface area contributed by atoms with Gasteiger partial charge in [-0.25, -0.2) is 4.98 Å². The number of piperazine rings is 1. The maximum Gasteiger partial charge on any atom is 0.127 e. The van der Waals surface area contributed by atoms with Crippen molar-refractivity contribution in [1.29, 1.82) is 0 Å². The third kappa shape index (κ3) is 3.46. The molecule has 1 aromatic heterocycles. The number of para-hydroxylation sites is 1. The van der Waals surface area contributed by atoms with Gasteiger partial charge in [0.15, 0.2) is 0 Å². The van der Waals surface area contributed by atoms with Gasteiger partial charge >= 0.3 is 0 Å². The number of anilines is 2. The summed E-state index contributed by atoms with van der Waals surface area (Å²) >= 11 is 0. The molecule has 114 valence electrons. The smallest absolute Gasteiger partial charge is 0.127 e. The molecule has 0 amide bonds. The van der Waals surface area contributed by atoms with Gasteiger partial charge in [-0.05, 0) is 24.3 Å². The largest absolute Gasteiger partial charge is 0.369 e. The van der Waals surface area contributed by atoms with Crippen LogP contribution in [0.2, 0.25) is 0 Å². The average molecular weight is 294 g/mol. The summed E-state index contributed by atoms with van der Waals surface area (Å²) in [6.45, 7) is 8.03. The summed E-state index contributed by atoms with van der Waals surface area (Å²) in [5, 5.41) is 3.43. The molecule has 1 unspecified atom stereocenters. The van der Waals surface area contributed by atoms with E-state index in [1.54, 1.807) is 6.20 Å². The molecular formula is C18H22N4. The molecule has 0 spiro atoms. The van der Waals surface area contributed by atoms with Crippen LogP contribution >= 0.6 is 0 Å². The highest BCUT2D eigenvalue weighted by molar-refractivity contribution is 5.46. The zero-order valence-electron chi connectivity index (χ0n) is 12.7. The van der Waals surface area contributed by atoms with Crippen LogP contribution in [0.1, 0.15) is 0 Å². The molecule has 3 rings (SSSR count). The van der Waals surface area contributed by atoms with Crippen molar-refractivity contribution in [2.24, 2.45) is 0 Å². The van der Waals surface area contributed by atoms with E-state index in [2.05, 4.69) is 57.0 Å². The predicted octanol–water partition coefficient (Wildman–Crippen LogP) is 2.83. The number of nitrogens with zero attached hydrogens (tertiary/aromatic N) is 3. The molecule has 1 aliphatic rings. The van der Waals surface area contributed by atoms with Crippen LogP contribution in [0.4, 0.5) is 11.5 Å². The van der Waals surface area contributed by atoms with Crippen LogP contribution in [0.5, 0.6) is 0 Å². The molecule has 1 saturated heterocycles. The van der Waals surface area contributed by atoms with E-state index < -0.39 is 0 Å². The highest BCUT2D eigenvalue weighted by Gasteiger charge is 2.22. The van der Waals surface area contributed by atoms with E-state index in [1.807, 2.05) is 24.3 Å². The average Bonchev–Trinajstić information content (AvgIpc) is 2.61. The minimum absolute atomic E-state index is 0.118. The van der Waals surface area contributed by atoms with E-state index in [0.717, 1.165) is 32.0 Å². The topological polar surface area (TPSA) is 31.4 Å². The second-order valence-corrected chi connectivity index (χ2v) is 5.40. The Labute approximate surface area is 132 Å². The number of pyridine rings is 1. The van der Waals surface area contributed by atoms with Gasteiger partial charge in [0, 0.05) is 38.1 Å². The number of benzene rings is 1. The van der Waals surface area contributed by atoms with Crippen LogP contribution in [-0.4, -0.2) is 42.2 Å². The first kappa shape index (κ1) is 14.6. The van der Waals surface area contributed by atoms with Crippen molar-refractivity contribution in [2.45, 2.75) is 6.17 Å². The highest BCUT2D eigenvalue weighted by atomic mass is 15.3. The Morgan fingerprint density at radius 1 is 1.00 bits per heavy atom. The van der Waals surface area contributed by atoms with Gasteiger partial charge in [0.1, 0.15) is 5.82 Å². The fourth-order valence-electron chi connectivity index (χ4n) is 2.80. The van der Waals surface area contributed by atoms with Gasteiger partial charge in [0.25, 0.3) is 0 Å². The molecule has 0 saturated carbocycles. The molecule has 0 radical (unpaired) electrons. The normalized spacial score (nSPS) is 17.0. The summed E-state index contributed by atoms with van der Waals surface area (Å²) < 4.78 is 0. The molecule has 1 atom stereocenters. The second-order valence-electron chi connectivity index (χ2n) is 5.40. The van der Waals surface area contributed by atoms with Crippen molar-refractivity contribution in [2.75, 3.05) is 36.4 Å². The lowest BCUT2D eigenvalue weighted by atomic mass is 10.2. The fourth-order valence-corrected chi connectivity index (χ4v) is 2.80. The predicted molar refractivity (Wildman–Crippen MR) is 92.1 cm³/mol. The summed E-state index contributed by atoms with van der Waals surface area (Å²) in [5.74, 6) is 0.887. The van der Waals surface area contributed by atoms with Gasteiger partial charge in [-0.3, -0.25) is 4.90 Å². The van der Waals surface area contributed by atoms with Gasteiger partial charge in [-0.1, -0.05) is 36.9 Å². The quantitative estimate of drug-likeness (QED) is 0.859. The first-order valence-electron chi connectivity index (χ1n) is 7.71. The second kappa shape index (κ2) is 7.09. The van der Waals surface area contributed by atoms with Crippen molar-refractivity contribution in [3.05, 3.63) is 67.4 Å². The third-order valence-corrected chi connectivity index (χ3v) is 4.01. The van der Waals surface area contributed by atoms with Crippen molar-refractivity contribution < 1.29 is 0 Å². The minimum Gasteiger partial charge on any atom is -0.369 e. The van der Waals surface area contributed by atoms with Crippen LogP contribution in [0.3, 0.4) is 0 Å². The van der Waals surface area contributed by atoms with Crippen LogP contribution in [0.15, 0.2) is 67.4 Å². The Kier molecular flexibility index (Phi) is 4.71. The van der Waals surface area contributed by atoms with Gasteiger partial charge in [-0.2, -0.15) is 0 Å². The first-order chi connectivity index (χ1) is 10.9. The van der Waals surface area contributed by atoms with Gasteiger partial charge in [0.05, 0.1) is 6.17 Å². The number of aromatic nitrogens is 1. The summed E-state index contributed by atoms with van der Waals surface area (Å²) in [5.41, 5.74) is 1.30. The van der Waals surface area contributed by atoms with Gasteiger partial charge in [-0.15, -0.1) is 0 Å². The molecule has 4 heteroatoms. The summed E-state index contributed by atoms with van der Waals surface area (Å²) in [6.07, 6.45) is 3.87. The van der Waals surface area contributed by atoms with Gasteiger partial charge in [0.2, 0.25) is 0 Å². The number of nitrogens with one attached hydrogen (secondary N) is 1. The summed E-state index contributed by atoms with van der Waals surface area (Å²) in [7, 11) is 0. The molecule has 1 aromatic carbocycles. The molecule has 22 heavy (non-hydrogen) atoms. The standard InChI is InChI=1S/C18H22N4/c1-2-18(20-17-10-6-7-11-19-17)22-14-12-21(13-15-22)16-8-4-3-5-9-16/h2-11,18H,1,12-15H2,(H,19,20). The van der Waals surface area contributed by atoms with Crippen molar-refractivity contribution in [3.63, 3.8) is 0 Å². The maximum absolute atomic E-state index is 4.33. The first-order valence-corrected chi connectivity index (χ1v) is 7.71. The van der Waals surface area contributed by atoms with Crippen LogP contribution < -0.4 is 10.2 Å². The molecule has 4 nitrogen and oxygen atoms in total. The summed E-state index contributed by atoms with van der Waals surface area (Å²) in [4.78, 5) is 9.16. The Morgan fingerprint density at radius 2 is 1.73 bits per heavy atom. The summed E-state index contributed by atoms with van der Waals surface area (Å²) in [6, 6.07) is 16.5. The maximum atomic E-state index is 4.33. The molecule has 0 aliphatic carbocycles. The van der Waals surface area contributed by atoms with Crippen LogP contribution in [0.25, 0.3) is 0 Å². The SMILES string of the molecule is C=CC(Nc1ccccn1)N1CCN(c2ccccc2)CC1. The Morgan fingerprint density at radius 3 is 2.36 bits per heavy atom. The van der Waals surface area contributed by atoms with Crippen molar-refractivity contribution >= 4 is 11.5 Å². The monoisotopic (exact) mass is 294 g/mol. The third-order valence-electron chi connectivity index (χ3n) is 4.01. The molecule has 1 aliphatic heterocycles. The van der Waals surface area contributed by atoms with Crippen LogP contribution in [0, 0.1) is 0 Å². The number of hydrogen-bond donors (Lipinski definition) is 1. The van der Waals surface area contributed by atoms with Gasteiger partial charge < -0.3 is 10.2 Å². The minimum atomic E-state index is 0.118. The lowest BCUT2D eigenvalue weighted by molar-refractivity contribution is 0.232. The molecule has 2 aromatic rings. The molecular weight excluding hydrogens is 272 g/mol. The highest BCUT2D eigenvalue weighted by Crippen LogP contribution is 2.17. The number of rotatable bonds is 5. The lowest BCUT2D eigenvalue weighted by Gasteiger charge is -2.39. The molecule has 2 heterocycles. The Hall–Kier alpha value is -2.33. The van der Waals surface area contributed by atoms with E-state index in [9.17, 15) is 0 Å². The molecule has 0 bridgehead atoms. The van der Waals surface area contributed by atoms with Crippen LogP contribution in [-0.2, 0) is 0 Å². The van der Waals surface area contributed by atoms with Crippen molar-refractivity contribution in [3.8, 4) is 0 Å².